The zero-order chi connectivity index (χ0) is 40.7. The number of benzene rings is 1. The van der Waals surface area contributed by atoms with Gasteiger partial charge < -0.3 is 29.2 Å². The van der Waals surface area contributed by atoms with Crippen LogP contribution in [0.25, 0.3) is 5.52 Å². The van der Waals surface area contributed by atoms with Crippen molar-refractivity contribution in [1.29, 1.82) is 5.26 Å². The summed E-state index contributed by atoms with van der Waals surface area (Å²) in [5.74, 6) is -3.19. The highest BCUT2D eigenvalue weighted by molar-refractivity contribution is 7.52. The number of hydrogen-bond donors (Lipinski definition) is 2. The average Bonchev–Trinajstić information content (AvgIpc) is 3.69. The molecule has 1 fully saturated rings. The number of carbonyl (C=O) groups excluding carboxylic acids is 3. The number of fused-ring (bicyclic) bond motifs is 1. The van der Waals surface area contributed by atoms with Crippen LogP contribution in [-0.4, -0.2) is 93.1 Å². The number of nitriles is 1. The lowest BCUT2D eigenvalue weighted by Crippen LogP contribution is -2.50. The number of rotatable bonds is 18. The second-order valence-electron chi connectivity index (χ2n) is 14.4. The summed E-state index contributed by atoms with van der Waals surface area (Å²) in [5, 5.41) is 17.8. The fourth-order valence-corrected chi connectivity index (χ4v) is 7.45. The summed E-state index contributed by atoms with van der Waals surface area (Å²) < 4.78 is 51.6. The van der Waals surface area contributed by atoms with Crippen LogP contribution in [0.5, 0.6) is 5.75 Å². The molecule has 0 amide bonds. The minimum atomic E-state index is -4.59. The van der Waals surface area contributed by atoms with E-state index in [0.29, 0.717) is 12.1 Å². The molecule has 0 saturated carbocycles. The Bertz CT molecular complexity index is 1870. The van der Waals surface area contributed by atoms with Gasteiger partial charge in [0.25, 0.3) is 0 Å². The molecule has 2 aromatic heterocycles. The number of para-hydroxylation sites is 1. The van der Waals surface area contributed by atoms with E-state index in [1.165, 1.54) is 29.9 Å². The maximum Gasteiger partial charge on any atom is 0.459 e. The second-order valence-corrected chi connectivity index (χ2v) is 16.1. The van der Waals surface area contributed by atoms with Crippen molar-refractivity contribution >= 4 is 37.0 Å². The Morgan fingerprint density at radius 2 is 1.62 bits per heavy atom. The maximum absolute atomic E-state index is 14.6. The van der Waals surface area contributed by atoms with Gasteiger partial charge in [0.2, 0.25) is 5.60 Å². The number of hydrogen-bond acceptors (Lipinski definition) is 15. The number of carbonyl (C=O) groups is 3. The molecular weight excluding hydrogens is 733 g/mol. The van der Waals surface area contributed by atoms with Crippen molar-refractivity contribution in [3.63, 3.8) is 0 Å². The van der Waals surface area contributed by atoms with E-state index in [2.05, 4.69) is 20.1 Å². The maximum atomic E-state index is 14.6. The monoisotopic (exact) mass is 785 g/mol. The third-order valence-corrected chi connectivity index (χ3v) is 10.5. The van der Waals surface area contributed by atoms with E-state index in [4.69, 9.17) is 33.7 Å². The Morgan fingerprint density at radius 3 is 2.22 bits per heavy atom. The standard InChI is InChI=1S/C37H52N7O10P/c1-22(2)34(45)51-31-30(28-15-16-29-33(39)40-21-41-44(28)29)53-37(19-38,32(31)52-35(46)23(3)4)20-50-55(48,54-27-13-11-10-12-14-27)42-26(9)36(47)49-18-17-43(24(5)6)25(7)8/h10-16,21-26,30-32H,17-18,20H2,1-9H3,(H,42,48)(H2,39,40,41)/t26-,30-,31-,32-,37+,55?/m0/s1. The molecule has 0 aliphatic carbocycles. The largest absolute Gasteiger partial charge is 0.463 e. The van der Waals surface area contributed by atoms with Gasteiger partial charge in [-0.2, -0.15) is 15.4 Å². The SMILES string of the molecule is CC(C)C(=O)O[C@H]1[C@H](c2ccc3c(N)ncnn23)O[C@](C#N)(COP(=O)(N[C@@H](C)C(=O)OCCN(C(C)C)C(C)C)Oc2ccccc2)[C@H]1OC(=O)C(C)C. The summed E-state index contributed by atoms with van der Waals surface area (Å²) in [4.78, 5) is 45.7. The number of anilines is 1. The first kappa shape index (κ1) is 43.1. The quantitative estimate of drug-likeness (QED) is 0.102. The summed E-state index contributed by atoms with van der Waals surface area (Å²) in [6.07, 6.45) is -3.13. The molecule has 0 radical (unpaired) electrons. The van der Waals surface area contributed by atoms with Crippen LogP contribution >= 0.6 is 7.75 Å². The summed E-state index contributed by atoms with van der Waals surface area (Å²) in [6, 6.07) is 12.5. The molecule has 1 unspecified atom stereocenters. The van der Waals surface area contributed by atoms with Gasteiger partial charge in [-0.15, -0.1) is 0 Å². The summed E-state index contributed by atoms with van der Waals surface area (Å²) in [5.41, 5.74) is 4.49. The Balaban J connectivity index is 1.71. The minimum Gasteiger partial charge on any atom is -0.463 e. The molecule has 1 aliphatic rings. The van der Waals surface area contributed by atoms with Crippen LogP contribution in [0.4, 0.5) is 5.82 Å². The van der Waals surface area contributed by atoms with Gasteiger partial charge in [-0.1, -0.05) is 45.9 Å². The number of nitrogens with two attached hydrogens (primary N) is 1. The Hall–Kier alpha value is -4.59. The Morgan fingerprint density at radius 1 is 0.982 bits per heavy atom. The highest BCUT2D eigenvalue weighted by Gasteiger charge is 2.62. The molecule has 17 nitrogen and oxygen atoms in total. The van der Waals surface area contributed by atoms with Crippen LogP contribution in [0, 0.1) is 23.2 Å². The van der Waals surface area contributed by atoms with E-state index in [1.807, 2.05) is 33.8 Å². The lowest BCUT2D eigenvalue weighted by molar-refractivity contribution is -0.173. The van der Waals surface area contributed by atoms with Gasteiger partial charge in [-0.05, 0) is 58.9 Å². The number of aromatic nitrogens is 3. The Labute approximate surface area is 321 Å². The first-order valence-corrected chi connectivity index (χ1v) is 19.7. The fourth-order valence-electron chi connectivity index (χ4n) is 5.93. The van der Waals surface area contributed by atoms with Crippen LogP contribution in [0.1, 0.15) is 74.1 Å². The number of nitrogens with zero attached hydrogens (tertiary/aromatic N) is 5. The molecule has 18 heteroatoms. The van der Waals surface area contributed by atoms with Crippen LogP contribution in [0.2, 0.25) is 0 Å². The first-order valence-electron chi connectivity index (χ1n) is 18.2. The van der Waals surface area contributed by atoms with Crippen LogP contribution in [0.3, 0.4) is 0 Å². The van der Waals surface area contributed by atoms with Crippen molar-refractivity contribution in [2.45, 2.75) is 104 Å². The second kappa shape index (κ2) is 18.4. The smallest absolute Gasteiger partial charge is 0.459 e. The number of nitrogens with one attached hydrogen (secondary N) is 1. The lowest BCUT2D eigenvalue weighted by Gasteiger charge is -2.31. The van der Waals surface area contributed by atoms with E-state index >= 15 is 0 Å². The van der Waals surface area contributed by atoms with Crippen molar-refractivity contribution in [3.8, 4) is 11.8 Å². The number of esters is 3. The molecule has 0 bridgehead atoms. The lowest BCUT2D eigenvalue weighted by atomic mass is 9.95. The van der Waals surface area contributed by atoms with Crippen molar-refractivity contribution in [2.75, 3.05) is 25.5 Å². The van der Waals surface area contributed by atoms with Crippen molar-refractivity contribution < 1.29 is 46.9 Å². The molecule has 3 heterocycles. The van der Waals surface area contributed by atoms with E-state index in [-0.39, 0.29) is 36.0 Å². The molecule has 3 aromatic rings. The zero-order valence-electron chi connectivity index (χ0n) is 32.7. The van der Waals surface area contributed by atoms with Crippen LogP contribution < -0.4 is 15.3 Å². The topological polar surface area (TPSA) is 219 Å². The third kappa shape index (κ3) is 10.4. The minimum absolute atomic E-state index is 0.0725. The predicted molar refractivity (Wildman–Crippen MR) is 200 cm³/mol. The zero-order valence-corrected chi connectivity index (χ0v) is 33.6. The Kier molecular flexibility index (Phi) is 14.4. The van der Waals surface area contributed by atoms with Gasteiger partial charge in [-0.3, -0.25) is 23.8 Å². The summed E-state index contributed by atoms with van der Waals surface area (Å²) in [7, 11) is -4.59. The van der Waals surface area contributed by atoms with Gasteiger partial charge in [0, 0.05) is 18.6 Å². The number of ether oxygens (including phenoxy) is 4. The van der Waals surface area contributed by atoms with E-state index in [1.54, 1.807) is 58.0 Å². The molecule has 1 aliphatic heterocycles. The molecular formula is C37H52N7O10P. The molecule has 3 N–H and O–H groups in total. The van der Waals surface area contributed by atoms with Gasteiger partial charge in [-0.25, -0.2) is 14.1 Å². The molecule has 6 atom stereocenters. The molecule has 1 aromatic carbocycles. The molecule has 300 valence electrons. The van der Waals surface area contributed by atoms with Gasteiger partial charge in [0.05, 0.1) is 17.5 Å². The van der Waals surface area contributed by atoms with Gasteiger partial charge in [0.15, 0.2) is 18.0 Å². The fraction of sp³-hybridized carbons (Fsp3) is 0.568. The van der Waals surface area contributed by atoms with E-state index < -0.39 is 74.1 Å². The third-order valence-electron chi connectivity index (χ3n) is 8.87. The van der Waals surface area contributed by atoms with Crippen molar-refractivity contribution in [2.24, 2.45) is 11.8 Å². The number of nitrogen functional groups attached to an aromatic ring is 1. The van der Waals surface area contributed by atoms with E-state index in [0.717, 1.165) is 0 Å². The van der Waals surface area contributed by atoms with E-state index in [9.17, 15) is 24.2 Å². The van der Waals surface area contributed by atoms with Gasteiger partial charge >= 0.3 is 25.7 Å². The molecule has 4 rings (SSSR count). The van der Waals surface area contributed by atoms with Crippen molar-refractivity contribution in [3.05, 3.63) is 54.5 Å². The van der Waals surface area contributed by atoms with Gasteiger partial charge in [0.1, 0.15) is 49.0 Å². The molecule has 0 spiro atoms. The summed E-state index contributed by atoms with van der Waals surface area (Å²) >= 11 is 0. The van der Waals surface area contributed by atoms with Crippen LogP contribution in [-0.2, 0) is 42.4 Å². The van der Waals surface area contributed by atoms with Crippen molar-refractivity contribution in [1.82, 2.24) is 24.6 Å². The molecule has 55 heavy (non-hydrogen) atoms. The first-order chi connectivity index (χ1) is 25.9. The highest BCUT2D eigenvalue weighted by Crippen LogP contribution is 2.50. The average molecular weight is 786 g/mol. The van der Waals surface area contributed by atoms with Crippen LogP contribution in [0.15, 0.2) is 48.8 Å². The summed E-state index contributed by atoms with van der Waals surface area (Å²) in [6.45, 7) is 15.7. The normalized spacial score (nSPS) is 21.5. The molecule has 1 saturated heterocycles. The highest BCUT2D eigenvalue weighted by atomic mass is 31.2. The predicted octanol–water partition coefficient (Wildman–Crippen LogP) is 4.62.